The van der Waals surface area contributed by atoms with Crippen molar-refractivity contribution in [2.45, 2.75) is 51.2 Å². The minimum atomic E-state index is -0.600. The lowest BCUT2D eigenvalue weighted by molar-refractivity contribution is -0.0296. The molecule has 1 saturated heterocycles. The van der Waals surface area contributed by atoms with Crippen LogP contribution in [-0.4, -0.2) is 45.8 Å². The lowest BCUT2D eigenvalue weighted by Crippen LogP contribution is -2.51. The topological polar surface area (TPSA) is 82.1 Å². The van der Waals surface area contributed by atoms with Gasteiger partial charge in [0.15, 0.2) is 0 Å². The zero-order valence-electron chi connectivity index (χ0n) is 10.2. The van der Waals surface area contributed by atoms with E-state index in [1.807, 2.05) is 6.92 Å². The van der Waals surface area contributed by atoms with Crippen LogP contribution >= 0.6 is 0 Å². The molecule has 94 valence electrons. The molecular weight excluding hydrogens is 206 g/mol. The molecule has 1 fully saturated rings. The Morgan fingerprint density at radius 1 is 1.62 bits per heavy atom. The van der Waals surface area contributed by atoms with Gasteiger partial charge in [0.2, 0.25) is 0 Å². The number of piperidine rings is 1. The first kappa shape index (κ1) is 13.3. The van der Waals surface area contributed by atoms with Gasteiger partial charge >= 0.3 is 0 Å². The SMILES string of the molecule is CCC(CC(N)=NO)N1CCCC(C)(O)C1. The normalized spacial score (nSPS) is 30.3. The van der Waals surface area contributed by atoms with Gasteiger partial charge in [-0.2, -0.15) is 0 Å². The monoisotopic (exact) mass is 229 g/mol. The van der Waals surface area contributed by atoms with Crippen molar-refractivity contribution in [3.05, 3.63) is 0 Å². The molecule has 0 bridgehead atoms. The Hall–Kier alpha value is -0.810. The van der Waals surface area contributed by atoms with Crippen molar-refractivity contribution in [1.29, 1.82) is 0 Å². The predicted octanol–water partition coefficient (Wildman–Crippen LogP) is 0.748. The maximum Gasteiger partial charge on any atom is 0.140 e. The number of oxime groups is 1. The van der Waals surface area contributed by atoms with E-state index < -0.39 is 5.60 Å². The van der Waals surface area contributed by atoms with E-state index in [1.165, 1.54) is 0 Å². The van der Waals surface area contributed by atoms with Crippen LogP contribution in [0.1, 0.15) is 39.5 Å². The molecule has 5 nitrogen and oxygen atoms in total. The van der Waals surface area contributed by atoms with Crippen LogP contribution in [0, 0.1) is 0 Å². The summed E-state index contributed by atoms with van der Waals surface area (Å²) >= 11 is 0. The van der Waals surface area contributed by atoms with E-state index in [2.05, 4.69) is 17.0 Å². The van der Waals surface area contributed by atoms with Gasteiger partial charge in [-0.15, -0.1) is 0 Å². The van der Waals surface area contributed by atoms with Crippen LogP contribution in [0.25, 0.3) is 0 Å². The van der Waals surface area contributed by atoms with Crippen LogP contribution in [0.5, 0.6) is 0 Å². The smallest absolute Gasteiger partial charge is 0.140 e. The highest BCUT2D eigenvalue weighted by Crippen LogP contribution is 2.23. The fourth-order valence-corrected chi connectivity index (χ4v) is 2.38. The summed E-state index contributed by atoms with van der Waals surface area (Å²) < 4.78 is 0. The van der Waals surface area contributed by atoms with E-state index in [-0.39, 0.29) is 11.9 Å². The molecule has 1 rings (SSSR count). The minimum absolute atomic E-state index is 0.252. The first-order valence-electron chi connectivity index (χ1n) is 5.91. The van der Waals surface area contributed by atoms with E-state index in [0.717, 1.165) is 25.8 Å². The van der Waals surface area contributed by atoms with Crippen LogP contribution in [-0.2, 0) is 0 Å². The molecule has 1 aliphatic rings. The molecule has 0 aromatic heterocycles. The van der Waals surface area contributed by atoms with Crippen molar-refractivity contribution < 1.29 is 10.3 Å². The molecule has 2 unspecified atom stereocenters. The average Bonchev–Trinajstić information content (AvgIpc) is 2.24. The largest absolute Gasteiger partial charge is 0.409 e. The van der Waals surface area contributed by atoms with Gasteiger partial charge in [-0.05, 0) is 32.7 Å². The highest BCUT2D eigenvalue weighted by molar-refractivity contribution is 5.80. The summed E-state index contributed by atoms with van der Waals surface area (Å²) in [7, 11) is 0. The van der Waals surface area contributed by atoms with Crippen molar-refractivity contribution in [3.63, 3.8) is 0 Å². The molecular formula is C11H23N3O2. The van der Waals surface area contributed by atoms with Gasteiger partial charge in [0.05, 0.1) is 5.60 Å². The third-order valence-corrected chi connectivity index (χ3v) is 3.27. The van der Waals surface area contributed by atoms with Gasteiger partial charge < -0.3 is 16.0 Å². The average molecular weight is 229 g/mol. The number of hydrogen-bond donors (Lipinski definition) is 3. The fraction of sp³-hybridized carbons (Fsp3) is 0.909. The van der Waals surface area contributed by atoms with E-state index in [4.69, 9.17) is 10.9 Å². The van der Waals surface area contributed by atoms with Crippen LogP contribution in [0.3, 0.4) is 0 Å². The minimum Gasteiger partial charge on any atom is -0.409 e. The first-order chi connectivity index (χ1) is 7.48. The molecule has 16 heavy (non-hydrogen) atoms. The van der Waals surface area contributed by atoms with Gasteiger partial charge in [-0.3, -0.25) is 4.90 Å². The van der Waals surface area contributed by atoms with Crippen LogP contribution in [0.2, 0.25) is 0 Å². The lowest BCUT2D eigenvalue weighted by atomic mass is 9.93. The third kappa shape index (κ3) is 3.64. The second kappa shape index (κ2) is 5.50. The van der Waals surface area contributed by atoms with Gasteiger partial charge in [0.1, 0.15) is 5.84 Å². The number of β-amino-alcohol motifs (C(OH)–C–C–N with tert-alkyl or cyclic N) is 1. The van der Waals surface area contributed by atoms with Crippen LogP contribution < -0.4 is 5.73 Å². The van der Waals surface area contributed by atoms with Crippen molar-refractivity contribution in [2.75, 3.05) is 13.1 Å². The summed E-state index contributed by atoms with van der Waals surface area (Å²) in [6.45, 7) is 5.60. The van der Waals surface area contributed by atoms with E-state index in [9.17, 15) is 5.11 Å². The molecule has 0 spiro atoms. The second-order valence-electron chi connectivity index (χ2n) is 4.93. The summed E-state index contributed by atoms with van der Waals surface area (Å²) in [6.07, 6.45) is 3.35. The quantitative estimate of drug-likeness (QED) is 0.287. The van der Waals surface area contributed by atoms with E-state index in [1.54, 1.807) is 0 Å². The van der Waals surface area contributed by atoms with Crippen LogP contribution in [0.4, 0.5) is 0 Å². The Morgan fingerprint density at radius 2 is 2.31 bits per heavy atom. The standard InChI is InChI=1S/C11H23N3O2/c1-3-9(7-10(12)13-16)14-6-4-5-11(2,15)8-14/h9,15-16H,3-8H2,1-2H3,(H2,12,13). The Balaban J connectivity index is 2.58. The molecule has 5 heteroatoms. The van der Waals surface area contributed by atoms with Gasteiger partial charge in [-0.1, -0.05) is 12.1 Å². The van der Waals surface area contributed by atoms with E-state index >= 15 is 0 Å². The molecule has 0 aliphatic carbocycles. The summed E-state index contributed by atoms with van der Waals surface area (Å²) in [5.41, 5.74) is 4.93. The maximum absolute atomic E-state index is 10.0. The highest BCUT2D eigenvalue weighted by Gasteiger charge is 2.31. The van der Waals surface area contributed by atoms with Crippen molar-refractivity contribution in [3.8, 4) is 0 Å². The number of nitrogens with two attached hydrogens (primary N) is 1. The Kier molecular flexibility index (Phi) is 4.56. The molecule has 0 aromatic rings. The van der Waals surface area contributed by atoms with Gasteiger partial charge in [0.25, 0.3) is 0 Å². The lowest BCUT2D eigenvalue weighted by Gasteiger charge is -2.41. The Morgan fingerprint density at radius 3 is 2.81 bits per heavy atom. The molecule has 2 atom stereocenters. The summed E-state index contributed by atoms with van der Waals surface area (Å²) in [4.78, 5) is 2.24. The van der Waals surface area contributed by atoms with Crippen LogP contribution in [0.15, 0.2) is 5.16 Å². The highest BCUT2D eigenvalue weighted by atomic mass is 16.4. The molecule has 0 saturated carbocycles. The van der Waals surface area contributed by atoms with Crippen molar-refractivity contribution in [2.24, 2.45) is 10.9 Å². The maximum atomic E-state index is 10.0. The van der Waals surface area contributed by atoms with Gasteiger partial charge in [0, 0.05) is 19.0 Å². The number of aliphatic hydroxyl groups is 1. The van der Waals surface area contributed by atoms with Crippen molar-refractivity contribution in [1.82, 2.24) is 4.90 Å². The molecule has 0 aromatic carbocycles. The van der Waals surface area contributed by atoms with Gasteiger partial charge in [-0.25, -0.2) is 0 Å². The Labute approximate surface area is 96.9 Å². The number of nitrogens with zero attached hydrogens (tertiary/aromatic N) is 2. The zero-order chi connectivity index (χ0) is 12.2. The summed E-state index contributed by atoms with van der Waals surface area (Å²) in [5, 5.41) is 21.6. The number of hydrogen-bond acceptors (Lipinski definition) is 4. The molecule has 1 heterocycles. The number of likely N-dealkylation sites (tertiary alicyclic amines) is 1. The van der Waals surface area contributed by atoms with Crippen molar-refractivity contribution >= 4 is 5.84 Å². The predicted molar refractivity (Wildman–Crippen MR) is 63.5 cm³/mol. The van der Waals surface area contributed by atoms with E-state index in [0.29, 0.717) is 13.0 Å². The Bertz CT molecular complexity index is 254. The first-order valence-corrected chi connectivity index (χ1v) is 5.91. The zero-order valence-corrected chi connectivity index (χ0v) is 10.2. The summed E-state index contributed by atoms with van der Waals surface area (Å²) in [6, 6.07) is 0.252. The molecule has 0 amide bonds. The number of rotatable bonds is 4. The third-order valence-electron chi connectivity index (χ3n) is 3.27. The molecule has 4 N–H and O–H groups in total. The summed E-state index contributed by atoms with van der Waals surface area (Å²) in [5.74, 6) is 0.261. The second-order valence-corrected chi connectivity index (χ2v) is 4.93. The molecule has 0 radical (unpaired) electrons. The molecule has 1 aliphatic heterocycles. The fourth-order valence-electron chi connectivity index (χ4n) is 2.38. The number of amidine groups is 1.